The summed E-state index contributed by atoms with van der Waals surface area (Å²) in [6.45, 7) is 4.71. The largest absolute Gasteiger partial charge is 0.497 e. The summed E-state index contributed by atoms with van der Waals surface area (Å²) in [4.78, 5) is 0. The second kappa shape index (κ2) is 7.06. The van der Waals surface area contributed by atoms with E-state index in [-0.39, 0.29) is 11.9 Å². The summed E-state index contributed by atoms with van der Waals surface area (Å²) in [6, 6.07) is 7.74. The lowest BCUT2D eigenvalue weighted by Crippen LogP contribution is -2.46. The van der Waals surface area contributed by atoms with Gasteiger partial charge in [-0.05, 0) is 17.7 Å². The molecule has 0 amide bonds. The highest BCUT2D eigenvalue weighted by atomic mass is 32.2. The van der Waals surface area contributed by atoms with Gasteiger partial charge in [0, 0.05) is 19.5 Å². The van der Waals surface area contributed by atoms with Crippen LogP contribution in [0.1, 0.15) is 5.56 Å². The molecule has 1 aliphatic heterocycles. The van der Waals surface area contributed by atoms with Gasteiger partial charge >= 0.3 is 0 Å². The fourth-order valence-electron chi connectivity index (χ4n) is 2.39. The Bertz CT molecular complexity index is 585. The van der Waals surface area contributed by atoms with E-state index < -0.39 is 10.0 Å². The molecule has 0 aliphatic carbocycles. The van der Waals surface area contributed by atoms with Crippen molar-refractivity contribution in [2.24, 2.45) is 0 Å². The van der Waals surface area contributed by atoms with Crippen LogP contribution < -0.4 is 4.74 Å². The molecule has 0 radical (unpaired) electrons. The molecule has 116 valence electrons. The average Bonchev–Trinajstić information content (AvgIpc) is 2.48. The van der Waals surface area contributed by atoms with Crippen molar-refractivity contribution in [2.45, 2.75) is 12.5 Å². The number of ether oxygens (including phenoxy) is 2. The predicted molar refractivity (Wildman–Crippen MR) is 82.0 cm³/mol. The van der Waals surface area contributed by atoms with Crippen molar-refractivity contribution in [1.82, 2.24) is 4.31 Å². The quantitative estimate of drug-likeness (QED) is 0.746. The summed E-state index contributed by atoms with van der Waals surface area (Å²) in [5.74, 6) is 0.762. The lowest BCUT2D eigenvalue weighted by atomic mass is 10.1. The Balaban J connectivity index is 2.02. The summed E-state index contributed by atoms with van der Waals surface area (Å²) in [5, 5.41) is 0. The molecule has 0 aromatic heterocycles. The smallest absolute Gasteiger partial charge is 0.217 e. The van der Waals surface area contributed by atoms with Gasteiger partial charge in [0.15, 0.2) is 0 Å². The molecule has 1 aliphatic rings. The van der Waals surface area contributed by atoms with E-state index in [0.29, 0.717) is 26.1 Å². The molecule has 1 saturated heterocycles. The normalized spacial score (nSPS) is 20.1. The van der Waals surface area contributed by atoms with Crippen molar-refractivity contribution in [3.8, 4) is 5.75 Å². The van der Waals surface area contributed by atoms with Crippen molar-refractivity contribution < 1.29 is 17.9 Å². The van der Waals surface area contributed by atoms with Gasteiger partial charge in [0.25, 0.3) is 0 Å². The minimum atomic E-state index is -3.26. The van der Waals surface area contributed by atoms with Crippen LogP contribution in [-0.2, 0) is 21.2 Å². The van der Waals surface area contributed by atoms with Crippen molar-refractivity contribution in [2.75, 3.05) is 32.6 Å². The second-order valence-corrected chi connectivity index (χ2v) is 6.99. The summed E-state index contributed by atoms with van der Waals surface area (Å²) in [6.07, 6.45) is 1.95. The molecule has 0 unspecified atom stereocenters. The molecule has 2 rings (SSSR count). The molecule has 0 N–H and O–H groups in total. The summed E-state index contributed by atoms with van der Waals surface area (Å²) in [7, 11) is -1.64. The van der Waals surface area contributed by atoms with Crippen LogP contribution in [0.2, 0.25) is 0 Å². The van der Waals surface area contributed by atoms with E-state index in [4.69, 9.17) is 9.47 Å². The number of nitrogens with zero attached hydrogens (tertiary/aromatic N) is 1. The van der Waals surface area contributed by atoms with Crippen molar-refractivity contribution in [3.63, 3.8) is 0 Å². The van der Waals surface area contributed by atoms with Crippen molar-refractivity contribution >= 4 is 10.0 Å². The molecular weight excluding hydrogens is 290 g/mol. The number of hydrogen-bond donors (Lipinski definition) is 0. The van der Waals surface area contributed by atoms with Crippen LogP contribution in [0.15, 0.2) is 36.9 Å². The minimum Gasteiger partial charge on any atom is -0.497 e. The van der Waals surface area contributed by atoms with Gasteiger partial charge in [0.1, 0.15) is 5.75 Å². The van der Waals surface area contributed by atoms with E-state index in [0.717, 1.165) is 11.3 Å². The summed E-state index contributed by atoms with van der Waals surface area (Å²) < 4.78 is 36.5. The van der Waals surface area contributed by atoms with Crippen molar-refractivity contribution in [3.05, 3.63) is 42.5 Å². The van der Waals surface area contributed by atoms with Crippen LogP contribution in [0.5, 0.6) is 5.75 Å². The number of sulfonamides is 1. The van der Waals surface area contributed by atoms with E-state index in [1.54, 1.807) is 7.11 Å². The molecule has 0 spiro atoms. The van der Waals surface area contributed by atoms with Crippen molar-refractivity contribution in [1.29, 1.82) is 0 Å². The Labute approximate surface area is 126 Å². The van der Waals surface area contributed by atoms with Gasteiger partial charge in [-0.25, -0.2) is 8.42 Å². The Morgan fingerprint density at radius 3 is 3.05 bits per heavy atom. The Morgan fingerprint density at radius 2 is 2.33 bits per heavy atom. The SMILES string of the molecule is C=CCS(=O)(=O)N1CCO[C@@H](Cc2cccc(OC)c2)C1. The zero-order valence-electron chi connectivity index (χ0n) is 12.2. The van der Waals surface area contributed by atoms with E-state index in [2.05, 4.69) is 6.58 Å². The first-order chi connectivity index (χ1) is 10.0. The zero-order chi connectivity index (χ0) is 15.3. The predicted octanol–water partition coefficient (Wildman–Crippen LogP) is 1.45. The maximum atomic E-state index is 12.1. The maximum Gasteiger partial charge on any atom is 0.217 e. The zero-order valence-corrected chi connectivity index (χ0v) is 13.0. The first kappa shape index (κ1) is 16.0. The van der Waals surface area contributed by atoms with Gasteiger partial charge in [-0.15, -0.1) is 6.58 Å². The third-order valence-electron chi connectivity index (χ3n) is 3.42. The second-order valence-electron chi connectivity index (χ2n) is 4.97. The van der Waals surface area contributed by atoms with E-state index in [1.165, 1.54) is 10.4 Å². The third-order valence-corrected chi connectivity index (χ3v) is 5.20. The molecular formula is C15H21NO4S. The van der Waals surface area contributed by atoms with Crippen LogP contribution in [0.3, 0.4) is 0 Å². The molecule has 0 saturated carbocycles. The molecule has 1 heterocycles. The molecule has 6 heteroatoms. The van der Waals surface area contributed by atoms with Crippen LogP contribution >= 0.6 is 0 Å². The van der Waals surface area contributed by atoms with E-state index in [9.17, 15) is 8.42 Å². The molecule has 1 fully saturated rings. The topological polar surface area (TPSA) is 55.8 Å². The average molecular weight is 311 g/mol. The summed E-state index contributed by atoms with van der Waals surface area (Å²) in [5.41, 5.74) is 1.07. The standard InChI is InChI=1S/C15H21NO4S/c1-3-9-21(17,18)16-7-8-20-15(12-16)11-13-5-4-6-14(10-13)19-2/h3-6,10,15H,1,7-9,11-12H2,2H3/t15-/m0/s1. The van der Waals surface area contributed by atoms with Gasteiger partial charge in [-0.2, -0.15) is 4.31 Å². The van der Waals surface area contributed by atoms with Crippen LogP contribution in [0, 0.1) is 0 Å². The number of morpholine rings is 1. The first-order valence-electron chi connectivity index (χ1n) is 6.88. The van der Waals surface area contributed by atoms with Crippen LogP contribution in [0.25, 0.3) is 0 Å². The Kier molecular flexibility index (Phi) is 5.39. The monoisotopic (exact) mass is 311 g/mol. The molecule has 1 aromatic carbocycles. The van der Waals surface area contributed by atoms with Gasteiger partial charge in [-0.3, -0.25) is 0 Å². The fraction of sp³-hybridized carbons (Fsp3) is 0.467. The third kappa shape index (κ3) is 4.30. The number of methoxy groups -OCH3 is 1. The lowest BCUT2D eigenvalue weighted by Gasteiger charge is -2.32. The van der Waals surface area contributed by atoms with Crippen LogP contribution in [-0.4, -0.2) is 51.4 Å². The van der Waals surface area contributed by atoms with E-state index in [1.807, 2.05) is 24.3 Å². The fourth-order valence-corrected chi connectivity index (χ4v) is 3.64. The highest BCUT2D eigenvalue weighted by Crippen LogP contribution is 2.18. The summed E-state index contributed by atoms with van der Waals surface area (Å²) >= 11 is 0. The number of benzene rings is 1. The number of hydrogen-bond acceptors (Lipinski definition) is 4. The number of rotatable bonds is 6. The minimum absolute atomic E-state index is 0.0289. The molecule has 1 aromatic rings. The van der Waals surface area contributed by atoms with Gasteiger partial charge in [0.2, 0.25) is 10.0 Å². The molecule has 0 bridgehead atoms. The highest BCUT2D eigenvalue weighted by molar-refractivity contribution is 7.89. The first-order valence-corrected chi connectivity index (χ1v) is 8.49. The van der Waals surface area contributed by atoms with Gasteiger partial charge in [-0.1, -0.05) is 18.2 Å². The molecule has 5 nitrogen and oxygen atoms in total. The maximum absolute atomic E-state index is 12.1. The van der Waals surface area contributed by atoms with Gasteiger partial charge in [0.05, 0.1) is 25.6 Å². The highest BCUT2D eigenvalue weighted by Gasteiger charge is 2.28. The Morgan fingerprint density at radius 1 is 1.52 bits per heavy atom. The molecule has 21 heavy (non-hydrogen) atoms. The van der Waals surface area contributed by atoms with Crippen LogP contribution in [0.4, 0.5) is 0 Å². The van der Waals surface area contributed by atoms with Gasteiger partial charge < -0.3 is 9.47 Å². The van der Waals surface area contributed by atoms with E-state index >= 15 is 0 Å². The lowest BCUT2D eigenvalue weighted by molar-refractivity contribution is -0.000414. The Hall–Kier alpha value is -1.37. The molecule has 1 atom stereocenters.